The summed E-state index contributed by atoms with van der Waals surface area (Å²) in [7, 11) is 0. The fraction of sp³-hybridized carbons (Fsp3) is 0.875. The van der Waals surface area contributed by atoms with Gasteiger partial charge >= 0.3 is 0 Å². The number of carbonyl (C=O) groups excluding carboxylic acids is 2. The molecule has 0 aromatic heterocycles. The van der Waals surface area contributed by atoms with E-state index in [1.165, 1.54) is 32.1 Å². The zero-order valence-corrected chi connectivity index (χ0v) is 13.3. The van der Waals surface area contributed by atoms with Crippen molar-refractivity contribution < 1.29 is 9.59 Å². The van der Waals surface area contributed by atoms with Crippen LogP contribution in [0, 0.1) is 5.92 Å². The molecule has 0 unspecified atom stereocenters. The van der Waals surface area contributed by atoms with E-state index in [9.17, 15) is 9.59 Å². The molecular weight excluding hydrogens is 266 g/mol. The highest BCUT2D eigenvalue weighted by Crippen LogP contribution is 2.15. The maximum atomic E-state index is 11.6. The molecule has 0 spiro atoms. The van der Waals surface area contributed by atoms with Crippen molar-refractivity contribution in [1.82, 2.24) is 0 Å². The van der Waals surface area contributed by atoms with Crippen molar-refractivity contribution in [2.45, 2.75) is 64.2 Å². The lowest BCUT2D eigenvalue weighted by molar-refractivity contribution is -0.131. The first-order valence-electron chi connectivity index (χ1n) is 8.33. The lowest BCUT2D eigenvalue weighted by Crippen LogP contribution is -2.33. The number of rotatable bonds is 15. The highest BCUT2D eigenvalue weighted by molar-refractivity contribution is 6.03. The van der Waals surface area contributed by atoms with Crippen molar-refractivity contribution in [2.24, 2.45) is 23.1 Å². The molecule has 0 heterocycles. The number of Topliss-reactive ketones (excluding diaryl/α,β-unsaturated/α-hetero) is 2. The van der Waals surface area contributed by atoms with Crippen LogP contribution in [0.3, 0.4) is 0 Å². The lowest BCUT2D eigenvalue weighted by Gasteiger charge is -2.12. The SMILES string of the molecule is NCCCCCCCCCCCC(C(=O)CN)C(=O)CN. The average molecular weight is 299 g/mol. The van der Waals surface area contributed by atoms with Gasteiger partial charge < -0.3 is 17.2 Å². The minimum absolute atomic E-state index is 0.0702. The van der Waals surface area contributed by atoms with Gasteiger partial charge in [0, 0.05) is 0 Å². The van der Waals surface area contributed by atoms with Gasteiger partial charge in [0.15, 0.2) is 11.6 Å². The standard InChI is InChI=1S/C16H33N3O2/c17-11-9-7-5-3-1-2-4-6-8-10-14(15(20)12-18)16(21)13-19/h14H,1-13,17-19H2. The summed E-state index contributed by atoms with van der Waals surface area (Å²) in [6.45, 7) is 0.655. The number of carbonyl (C=O) groups is 2. The van der Waals surface area contributed by atoms with Crippen LogP contribution in [0.2, 0.25) is 0 Å². The van der Waals surface area contributed by atoms with E-state index >= 15 is 0 Å². The van der Waals surface area contributed by atoms with Gasteiger partial charge in [-0.05, 0) is 19.4 Å². The van der Waals surface area contributed by atoms with Crippen LogP contribution in [0.4, 0.5) is 0 Å². The molecule has 0 fully saturated rings. The molecular formula is C16H33N3O2. The zero-order valence-electron chi connectivity index (χ0n) is 13.3. The molecule has 0 bridgehead atoms. The largest absolute Gasteiger partial charge is 0.330 e. The molecule has 0 aliphatic rings. The number of hydrogen-bond donors (Lipinski definition) is 3. The molecule has 5 nitrogen and oxygen atoms in total. The normalized spacial score (nSPS) is 11.0. The molecule has 0 radical (unpaired) electrons. The third-order valence-corrected chi connectivity index (χ3v) is 3.88. The Bertz CT molecular complexity index is 267. The Balaban J connectivity index is 3.58. The van der Waals surface area contributed by atoms with E-state index in [0.29, 0.717) is 6.42 Å². The lowest BCUT2D eigenvalue weighted by atomic mass is 9.92. The molecule has 5 heteroatoms. The summed E-state index contributed by atoms with van der Waals surface area (Å²) in [5.41, 5.74) is 16.1. The molecule has 0 aromatic carbocycles. The highest BCUT2D eigenvalue weighted by Gasteiger charge is 2.23. The number of hydrogen-bond acceptors (Lipinski definition) is 5. The van der Waals surface area contributed by atoms with E-state index in [2.05, 4.69) is 0 Å². The average Bonchev–Trinajstić information content (AvgIpc) is 2.51. The van der Waals surface area contributed by atoms with Crippen molar-refractivity contribution in [3.05, 3.63) is 0 Å². The van der Waals surface area contributed by atoms with Crippen LogP contribution in [0.25, 0.3) is 0 Å². The van der Waals surface area contributed by atoms with E-state index in [-0.39, 0.29) is 24.7 Å². The molecule has 21 heavy (non-hydrogen) atoms. The molecule has 0 aliphatic carbocycles. The van der Waals surface area contributed by atoms with Crippen LogP contribution in [-0.4, -0.2) is 31.2 Å². The molecule has 0 saturated carbocycles. The summed E-state index contributed by atoms with van der Waals surface area (Å²) in [6, 6.07) is 0. The molecule has 0 amide bonds. The van der Waals surface area contributed by atoms with Crippen LogP contribution in [0.1, 0.15) is 64.2 Å². The number of ketones is 2. The Morgan fingerprint density at radius 1 is 0.619 bits per heavy atom. The van der Waals surface area contributed by atoms with Gasteiger partial charge in [0.05, 0.1) is 19.0 Å². The van der Waals surface area contributed by atoms with Gasteiger partial charge in [0.1, 0.15) is 0 Å². The monoisotopic (exact) mass is 299 g/mol. The molecule has 0 saturated heterocycles. The van der Waals surface area contributed by atoms with E-state index in [0.717, 1.165) is 32.2 Å². The van der Waals surface area contributed by atoms with E-state index in [4.69, 9.17) is 17.2 Å². The number of unbranched alkanes of at least 4 members (excludes halogenated alkanes) is 8. The first-order chi connectivity index (χ1) is 10.2. The van der Waals surface area contributed by atoms with Crippen LogP contribution < -0.4 is 17.2 Å². The molecule has 0 atom stereocenters. The van der Waals surface area contributed by atoms with E-state index < -0.39 is 5.92 Å². The van der Waals surface area contributed by atoms with Crippen LogP contribution in [-0.2, 0) is 9.59 Å². The maximum Gasteiger partial charge on any atom is 0.156 e. The van der Waals surface area contributed by atoms with Gasteiger partial charge in [0.25, 0.3) is 0 Å². The zero-order chi connectivity index (χ0) is 15.9. The smallest absolute Gasteiger partial charge is 0.156 e. The van der Waals surface area contributed by atoms with E-state index in [1.54, 1.807) is 0 Å². The van der Waals surface area contributed by atoms with Gasteiger partial charge in [-0.1, -0.05) is 51.4 Å². The fourth-order valence-corrected chi connectivity index (χ4v) is 2.52. The molecule has 0 aliphatic heterocycles. The Labute approximate surface area is 129 Å². The number of nitrogens with two attached hydrogens (primary N) is 3. The van der Waals surface area contributed by atoms with Crippen molar-refractivity contribution in [1.29, 1.82) is 0 Å². The summed E-state index contributed by atoms with van der Waals surface area (Å²) in [4.78, 5) is 23.2. The summed E-state index contributed by atoms with van der Waals surface area (Å²) in [5.74, 6) is -0.924. The van der Waals surface area contributed by atoms with Gasteiger partial charge in [-0.2, -0.15) is 0 Å². The first-order valence-corrected chi connectivity index (χ1v) is 8.33. The van der Waals surface area contributed by atoms with Crippen molar-refractivity contribution >= 4 is 11.6 Å². The second-order valence-corrected chi connectivity index (χ2v) is 5.65. The minimum Gasteiger partial charge on any atom is -0.330 e. The summed E-state index contributed by atoms with van der Waals surface area (Å²) >= 11 is 0. The van der Waals surface area contributed by atoms with Crippen molar-refractivity contribution in [3.63, 3.8) is 0 Å². The molecule has 0 rings (SSSR count). The topological polar surface area (TPSA) is 112 Å². The Morgan fingerprint density at radius 2 is 1.00 bits per heavy atom. The molecule has 124 valence electrons. The van der Waals surface area contributed by atoms with Crippen molar-refractivity contribution in [2.75, 3.05) is 19.6 Å². The van der Waals surface area contributed by atoms with Gasteiger partial charge in [-0.25, -0.2) is 0 Å². The predicted molar refractivity (Wildman–Crippen MR) is 86.8 cm³/mol. The van der Waals surface area contributed by atoms with Crippen LogP contribution in [0.15, 0.2) is 0 Å². The molecule has 6 N–H and O–H groups in total. The Hall–Kier alpha value is -0.780. The second kappa shape index (κ2) is 14.2. The summed E-state index contributed by atoms with van der Waals surface area (Å²) in [6.07, 6.45) is 11.1. The van der Waals surface area contributed by atoms with Gasteiger partial charge in [-0.15, -0.1) is 0 Å². The quantitative estimate of drug-likeness (QED) is 0.313. The Morgan fingerprint density at radius 3 is 1.38 bits per heavy atom. The van der Waals surface area contributed by atoms with Gasteiger partial charge in [-0.3, -0.25) is 9.59 Å². The molecule has 0 aromatic rings. The van der Waals surface area contributed by atoms with Gasteiger partial charge in [0.2, 0.25) is 0 Å². The minimum atomic E-state index is -0.573. The second-order valence-electron chi connectivity index (χ2n) is 5.65. The highest BCUT2D eigenvalue weighted by atomic mass is 16.2. The first kappa shape index (κ1) is 20.2. The van der Waals surface area contributed by atoms with Crippen molar-refractivity contribution in [3.8, 4) is 0 Å². The fourth-order valence-electron chi connectivity index (χ4n) is 2.52. The van der Waals surface area contributed by atoms with Crippen LogP contribution in [0.5, 0.6) is 0 Å². The van der Waals surface area contributed by atoms with Crippen LogP contribution >= 0.6 is 0 Å². The third-order valence-electron chi connectivity index (χ3n) is 3.88. The predicted octanol–water partition coefficient (Wildman–Crippen LogP) is 1.52. The Kier molecular flexibility index (Phi) is 13.6. The van der Waals surface area contributed by atoms with E-state index in [1.807, 2.05) is 0 Å². The summed E-state index contributed by atoms with van der Waals surface area (Å²) in [5, 5.41) is 0. The third kappa shape index (κ3) is 10.6. The summed E-state index contributed by atoms with van der Waals surface area (Å²) < 4.78 is 0. The maximum absolute atomic E-state index is 11.6.